The first-order valence-corrected chi connectivity index (χ1v) is 9.63. The Labute approximate surface area is 170 Å². The van der Waals surface area contributed by atoms with Gasteiger partial charge in [0.25, 0.3) is 5.91 Å². The Morgan fingerprint density at radius 1 is 1.25 bits per heavy atom. The molecule has 1 N–H and O–H groups in total. The first kappa shape index (κ1) is 18.3. The molecule has 0 bridgehead atoms. The summed E-state index contributed by atoms with van der Waals surface area (Å²) in [5.41, 5.74) is 0.723. The fourth-order valence-corrected chi connectivity index (χ4v) is 3.95. The zero-order valence-electron chi connectivity index (χ0n) is 13.7. The number of aromatic nitrogens is 2. The number of nitrogens with one attached hydrogen (secondary N) is 1. The molecule has 1 amide bonds. The third-order valence-corrected chi connectivity index (χ3v) is 5.52. The smallest absolute Gasteiger partial charge is 0.398 e. The predicted octanol–water partition coefficient (Wildman–Crippen LogP) is 4.25. The van der Waals surface area contributed by atoms with Gasteiger partial charge < -0.3 is 9.73 Å². The molecule has 4 rings (SSSR count). The van der Waals surface area contributed by atoms with Crippen LogP contribution in [0.2, 0.25) is 5.02 Å². The summed E-state index contributed by atoms with van der Waals surface area (Å²) in [7, 11) is 0. The molecule has 0 radical (unpaired) electrons. The fourth-order valence-electron chi connectivity index (χ4n) is 2.20. The number of hydrogen-bond acceptors (Lipinski definition) is 9. The van der Waals surface area contributed by atoms with E-state index in [1.807, 2.05) is 6.07 Å². The Morgan fingerprint density at radius 3 is 2.82 bits per heavy atom. The molecule has 1 saturated heterocycles. The van der Waals surface area contributed by atoms with Crippen LogP contribution >= 0.6 is 34.7 Å². The number of carbonyl (C=O) groups is 1. The van der Waals surface area contributed by atoms with Crippen molar-refractivity contribution in [3.63, 3.8) is 0 Å². The molecule has 1 aliphatic rings. The number of hydrogen-bond donors (Lipinski definition) is 1. The lowest BCUT2D eigenvalue weighted by atomic mass is 10.2. The van der Waals surface area contributed by atoms with E-state index in [0.29, 0.717) is 20.1 Å². The summed E-state index contributed by atoms with van der Waals surface area (Å²) in [6.45, 7) is 0. The number of amides is 1. The maximum absolute atomic E-state index is 12.1. The van der Waals surface area contributed by atoms with Gasteiger partial charge in [0, 0.05) is 5.02 Å². The lowest BCUT2D eigenvalue weighted by molar-refractivity contribution is -0.401. The van der Waals surface area contributed by atoms with Crippen molar-refractivity contribution in [1.29, 1.82) is 0 Å². The molecule has 0 aliphatic carbocycles. The summed E-state index contributed by atoms with van der Waals surface area (Å²) in [5, 5.41) is 22.7. The van der Waals surface area contributed by atoms with Gasteiger partial charge in [-0.25, -0.2) is 0 Å². The molecule has 1 fully saturated rings. The summed E-state index contributed by atoms with van der Waals surface area (Å²) in [4.78, 5) is 26.9. The summed E-state index contributed by atoms with van der Waals surface area (Å²) >= 11 is 8.34. The van der Waals surface area contributed by atoms with Gasteiger partial charge in [-0.2, -0.15) is 4.99 Å². The van der Waals surface area contributed by atoms with E-state index in [2.05, 4.69) is 20.5 Å². The predicted molar refractivity (Wildman–Crippen MR) is 107 cm³/mol. The van der Waals surface area contributed by atoms with Crippen molar-refractivity contribution in [2.75, 3.05) is 0 Å². The molecule has 12 heteroatoms. The van der Waals surface area contributed by atoms with Gasteiger partial charge in [0.05, 0.1) is 11.0 Å². The Balaban J connectivity index is 1.54. The molecule has 2 aromatic heterocycles. The van der Waals surface area contributed by atoms with E-state index in [1.54, 1.807) is 24.3 Å². The number of carbonyl (C=O) groups excluding carboxylic acids is 1. The van der Waals surface area contributed by atoms with Crippen molar-refractivity contribution in [3.05, 3.63) is 62.0 Å². The van der Waals surface area contributed by atoms with Crippen LogP contribution in [0.4, 0.5) is 11.0 Å². The van der Waals surface area contributed by atoms with Crippen LogP contribution in [0.5, 0.6) is 0 Å². The van der Waals surface area contributed by atoms with Crippen LogP contribution in [0.25, 0.3) is 16.8 Å². The first-order valence-electron chi connectivity index (χ1n) is 7.62. The van der Waals surface area contributed by atoms with Crippen molar-refractivity contribution in [2.45, 2.75) is 0 Å². The van der Waals surface area contributed by atoms with Crippen LogP contribution in [0.3, 0.4) is 0 Å². The van der Waals surface area contributed by atoms with Crippen LogP contribution in [-0.4, -0.2) is 26.2 Å². The van der Waals surface area contributed by atoms with E-state index >= 15 is 0 Å². The number of nitro groups is 1. The topological polar surface area (TPSA) is 124 Å². The third-order valence-electron chi connectivity index (χ3n) is 3.44. The minimum atomic E-state index is -0.636. The van der Waals surface area contributed by atoms with Crippen molar-refractivity contribution >= 4 is 62.9 Å². The zero-order valence-corrected chi connectivity index (χ0v) is 16.0. The van der Waals surface area contributed by atoms with Crippen LogP contribution in [0.15, 0.2) is 50.7 Å². The van der Waals surface area contributed by atoms with Gasteiger partial charge in [-0.15, -0.1) is 10.2 Å². The van der Waals surface area contributed by atoms with Gasteiger partial charge in [-0.3, -0.25) is 14.9 Å². The van der Waals surface area contributed by atoms with E-state index in [-0.39, 0.29) is 22.7 Å². The van der Waals surface area contributed by atoms with Crippen LogP contribution in [-0.2, 0) is 4.79 Å². The largest absolute Gasteiger partial charge is 0.433 e. The van der Waals surface area contributed by atoms with Gasteiger partial charge in [0.2, 0.25) is 5.13 Å². The van der Waals surface area contributed by atoms with Crippen LogP contribution < -0.4 is 5.32 Å². The van der Waals surface area contributed by atoms with E-state index in [9.17, 15) is 14.9 Å². The zero-order chi connectivity index (χ0) is 19.7. The maximum atomic E-state index is 12.1. The lowest BCUT2D eigenvalue weighted by Crippen LogP contribution is -2.19. The van der Waals surface area contributed by atoms with Gasteiger partial charge in [0.1, 0.15) is 4.92 Å². The van der Waals surface area contributed by atoms with E-state index in [0.717, 1.165) is 28.7 Å². The van der Waals surface area contributed by atoms with E-state index in [1.165, 1.54) is 12.1 Å². The molecule has 1 aromatic carbocycles. The molecule has 0 unspecified atom stereocenters. The van der Waals surface area contributed by atoms with Crippen molar-refractivity contribution in [3.8, 4) is 10.8 Å². The van der Waals surface area contributed by atoms with E-state index in [4.69, 9.17) is 16.0 Å². The Morgan fingerprint density at radius 2 is 2.07 bits per heavy atom. The van der Waals surface area contributed by atoms with Gasteiger partial charge >= 0.3 is 5.88 Å². The molecule has 0 atom stereocenters. The number of rotatable bonds is 4. The number of halogens is 1. The van der Waals surface area contributed by atoms with Gasteiger partial charge in [-0.1, -0.05) is 41.1 Å². The Kier molecular flexibility index (Phi) is 4.94. The van der Waals surface area contributed by atoms with Crippen LogP contribution in [0, 0.1) is 10.1 Å². The Bertz CT molecular complexity index is 1150. The monoisotopic (exact) mass is 433 g/mol. The molecule has 0 saturated carbocycles. The highest BCUT2D eigenvalue weighted by Gasteiger charge is 2.25. The summed E-state index contributed by atoms with van der Waals surface area (Å²) in [5.74, 6) is -0.459. The minimum Gasteiger partial charge on any atom is -0.398 e. The molecule has 3 heterocycles. The molecular formula is C16H8ClN5O4S2. The summed E-state index contributed by atoms with van der Waals surface area (Å²) < 4.78 is 5.09. The normalized spacial score (nSPS) is 16.7. The number of nitrogens with zero attached hydrogens (tertiary/aromatic N) is 4. The second kappa shape index (κ2) is 7.54. The summed E-state index contributed by atoms with van der Waals surface area (Å²) in [6, 6.07) is 9.85. The molecule has 3 aromatic rings. The number of furan rings is 1. The number of thioether (sulfide) groups is 1. The third kappa shape index (κ3) is 3.81. The lowest BCUT2D eigenvalue weighted by Gasteiger charge is -1.97. The molecule has 28 heavy (non-hydrogen) atoms. The molecule has 140 valence electrons. The molecule has 0 spiro atoms. The second-order valence-electron chi connectivity index (χ2n) is 5.29. The van der Waals surface area contributed by atoms with Crippen molar-refractivity contribution in [1.82, 2.24) is 15.5 Å². The summed E-state index contributed by atoms with van der Waals surface area (Å²) in [6.07, 6.45) is 1.68. The maximum Gasteiger partial charge on any atom is 0.433 e. The average Bonchev–Trinajstić information content (AvgIpc) is 3.38. The SMILES string of the molecule is O=C1NC(=Nc2nnc(-c3ccc([N+](=O)[O-])o3)s2)SC1=Cc1ccccc1Cl. The average molecular weight is 434 g/mol. The first-order chi connectivity index (χ1) is 13.5. The number of amidine groups is 1. The highest BCUT2D eigenvalue weighted by molar-refractivity contribution is 8.18. The molecule has 9 nitrogen and oxygen atoms in total. The fraction of sp³-hybridized carbons (Fsp3) is 0. The number of benzene rings is 1. The van der Waals surface area contributed by atoms with E-state index < -0.39 is 4.92 Å². The van der Waals surface area contributed by atoms with Crippen molar-refractivity contribution in [2.24, 2.45) is 4.99 Å². The van der Waals surface area contributed by atoms with Gasteiger partial charge in [0.15, 0.2) is 15.9 Å². The highest BCUT2D eigenvalue weighted by Crippen LogP contribution is 2.34. The minimum absolute atomic E-state index is 0.220. The molecule has 1 aliphatic heterocycles. The quantitative estimate of drug-likeness (QED) is 0.370. The van der Waals surface area contributed by atoms with Crippen molar-refractivity contribution < 1.29 is 14.1 Å². The number of aliphatic imine (C=N–C) groups is 1. The highest BCUT2D eigenvalue weighted by atomic mass is 35.5. The molecular weight excluding hydrogens is 426 g/mol. The Hall–Kier alpha value is -3.02. The second-order valence-corrected chi connectivity index (χ2v) is 7.68. The standard InChI is InChI=1S/C16H8ClN5O4S2/c17-9-4-2-1-3-8(9)7-11-13(23)18-15(27-11)19-16-21-20-14(28-16)10-5-6-12(26-10)22(24)25/h1-7H,(H,18,19,21,23). The van der Waals surface area contributed by atoms with Crippen LogP contribution in [0.1, 0.15) is 5.56 Å². The van der Waals surface area contributed by atoms with Gasteiger partial charge in [-0.05, 0) is 35.5 Å².